The minimum Gasteiger partial charge on any atom is -0.332 e. The van der Waals surface area contributed by atoms with Crippen LogP contribution in [0, 0.1) is 11.8 Å². The minimum absolute atomic E-state index is 0.169. The fraction of sp³-hybridized carbons (Fsp3) is 0.792. The molecule has 162 valence electrons. The molecule has 2 heterocycles. The summed E-state index contributed by atoms with van der Waals surface area (Å²) in [5.74, 6) is 2.61. The van der Waals surface area contributed by atoms with E-state index in [0.717, 1.165) is 64.0 Å². The number of carbonyl (C=O) groups is 1. The predicted molar refractivity (Wildman–Crippen MR) is 119 cm³/mol. The SMILES string of the molecule is CCC1CN(C)CC(CC)N1c1ncc(C2CCC(CC(=O)C(C)C)CC2)cn1. The number of piperazine rings is 1. The van der Waals surface area contributed by atoms with Gasteiger partial charge in [-0.25, -0.2) is 9.97 Å². The van der Waals surface area contributed by atoms with E-state index in [1.807, 2.05) is 13.8 Å². The van der Waals surface area contributed by atoms with Crippen LogP contribution in [0.3, 0.4) is 0 Å². The molecule has 5 heteroatoms. The summed E-state index contributed by atoms with van der Waals surface area (Å²) in [5, 5.41) is 0. The highest BCUT2D eigenvalue weighted by Crippen LogP contribution is 2.37. The topological polar surface area (TPSA) is 49.3 Å². The quantitative estimate of drug-likeness (QED) is 0.665. The molecule has 29 heavy (non-hydrogen) atoms. The van der Waals surface area contributed by atoms with Crippen molar-refractivity contribution in [3.8, 4) is 0 Å². The number of hydrogen-bond acceptors (Lipinski definition) is 5. The average Bonchev–Trinajstić information content (AvgIpc) is 2.73. The van der Waals surface area contributed by atoms with Gasteiger partial charge in [-0.05, 0) is 63.0 Å². The minimum atomic E-state index is 0.169. The molecule has 3 rings (SSSR count). The van der Waals surface area contributed by atoms with Crippen molar-refractivity contribution in [3.63, 3.8) is 0 Å². The average molecular weight is 401 g/mol. The molecule has 0 bridgehead atoms. The summed E-state index contributed by atoms with van der Waals surface area (Å²) in [6.45, 7) is 10.7. The Morgan fingerprint density at radius 2 is 1.59 bits per heavy atom. The maximum atomic E-state index is 12.0. The van der Waals surface area contributed by atoms with E-state index in [4.69, 9.17) is 9.97 Å². The highest BCUT2D eigenvalue weighted by atomic mass is 16.1. The molecule has 0 aromatic carbocycles. The van der Waals surface area contributed by atoms with Crippen molar-refractivity contribution in [2.75, 3.05) is 25.0 Å². The molecule has 1 aromatic heterocycles. The Morgan fingerprint density at radius 1 is 1.03 bits per heavy atom. The third-order valence-corrected chi connectivity index (χ3v) is 7.12. The van der Waals surface area contributed by atoms with Crippen LogP contribution in [0.4, 0.5) is 5.95 Å². The summed E-state index contributed by atoms with van der Waals surface area (Å²) in [6.07, 6.45) is 11.8. The molecule has 0 amide bonds. The third kappa shape index (κ3) is 5.36. The van der Waals surface area contributed by atoms with Crippen LogP contribution >= 0.6 is 0 Å². The molecule has 0 spiro atoms. The van der Waals surface area contributed by atoms with E-state index in [0.29, 0.717) is 29.7 Å². The van der Waals surface area contributed by atoms with Crippen LogP contribution in [0.25, 0.3) is 0 Å². The first-order chi connectivity index (χ1) is 13.9. The fourth-order valence-electron chi connectivity index (χ4n) is 5.14. The number of ketones is 1. The summed E-state index contributed by atoms with van der Waals surface area (Å²) >= 11 is 0. The molecule has 2 aliphatic rings. The molecule has 1 aromatic rings. The maximum absolute atomic E-state index is 12.0. The summed E-state index contributed by atoms with van der Waals surface area (Å²) in [4.78, 5) is 26.6. The zero-order valence-electron chi connectivity index (χ0n) is 19.1. The second kappa shape index (κ2) is 10.0. The van der Waals surface area contributed by atoms with E-state index in [-0.39, 0.29) is 5.92 Å². The lowest BCUT2D eigenvalue weighted by Crippen LogP contribution is -2.58. The Balaban J connectivity index is 1.62. The largest absolute Gasteiger partial charge is 0.332 e. The Morgan fingerprint density at radius 3 is 2.07 bits per heavy atom. The standard InChI is InChI=1S/C24H40N4O/c1-6-21-15-27(5)16-22(7-2)28(21)24-25-13-20(14-26-24)19-10-8-18(9-11-19)12-23(29)17(3)4/h13-14,17-19,21-22H,6-12,15-16H2,1-5H3. The lowest BCUT2D eigenvalue weighted by Gasteiger charge is -2.45. The van der Waals surface area contributed by atoms with Crippen LogP contribution in [0.2, 0.25) is 0 Å². The van der Waals surface area contributed by atoms with Gasteiger partial charge in [-0.3, -0.25) is 4.79 Å². The van der Waals surface area contributed by atoms with Crippen LogP contribution in [-0.2, 0) is 4.79 Å². The number of anilines is 1. The zero-order chi connectivity index (χ0) is 21.0. The first kappa shape index (κ1) is 22.2. The summed E-state index contributed by atoms with van der Waals surface area (Å²) < 4.78 is 0. The molecule has 5 nitrogen and oxygen atoms in total. The Hall–Kier alpha value is -1.49. The number of rotatable bonds is 7. The van der Waals surface area contributed by atoms with E-state index >= 15 is 0 Å². The Kier molecular flexibility index (Phi) is 7.66. The van der Waals surface area contributed by atoms with Gasteiger partial charge in [0.05, 0.1) is 0 Å². The van der Waals surface area contributed by atoms with Crippen molar-refractivity contribution < 1.29 is 4.79 Å². The number of likely N-dealkylation sites (N-methyl/N-ethyl adjacent to an activating group) is 1. The van der Waals surface area contributed by atoms with Crippen molar-refractivity contribution in [2.24, 2.45) is 11.8 Å². The van der Waals surface area contributed by atoms with Crippen molar-refractivity contribution in [1.29, 1.82) is 0 Å². The fourth-order valence-corrected chi connectivity index (χ4v) is 5.14. The second-order valence-corrected chi connectivity index (χ2v) is 9.61. The van der Waals surface area contributed by atoms with Crippen LogP contribution < -0.4 is 4.90 Å². The van der Waals surface area contributed by atoms with E-state index in [2.05, 4.69) is 43.1 Å². The van der Waals surface area contributed by atoms with E-state index in [1.54, 1.807) is 0 Å². The summed E-state index contributed by atoms with van der Waals surface area (Å²) in [6, 6.07) is 0.969. The van der Waals surface area contributed by atoms with Crippen molar-refractivity contribution in [3.05, 3.63) is 18.0 Å². The lowest BCUT2D eigenvalue weighted by molar-refractivity contribution is -0.123. The van der Waals surface area contributed by atoms with Gasteiger partial charge in [-0.2, -0.15) is 0 Å². The van der Waals surface area contributed by atoms with Gasteiger partial charge in [0.25, 0.3) is 0 Å². The number of aromatic nitrogens is 2. The molecule has 1 saturated carbocycles. The maximum Gasteiger partial charge on any atom is 0.225 e. The van der Waals surface area contributed by atoms with Gasteiger partial charge in [0, 0.05) is 49.9 Å². The second-order valence-electron chi connectivity index (χ2n) is 9.61. The number of Topliss-reactive ketones (excluding diaryl/α,β-unsaturated/α-hetero) is 1. The van der Waals surface area contributed by atoms with E-state index in [1.165, 1.54) is 5.56 Å². The molecular formula is C24H40N4O. The molecular weight excluding hydrogens is 360 g/mol. The smallest absolute Gasteiger partial charge is 0.225 e. The number of hydrogen-bond donors (Lipinski definition) is 0. The highest BCUT2D eigenvalue weighted by molar-refractivity contribution is 5.80. The normalized spacial score (nSPS) is 28.7. The molecule has 1 aliphatic carbocycles. The van der Waals surface area contributed by atoms with Crippen LogP contribution in [0.5, 0.6) is 0 Å². The van der Waals surface area contributed by atoms with Crippen LogP contribution in [0.1, 0.15) is 84.1 Å². The molecule has 2 atom stereocenters. The van der Waals surface area contributed by atoms with Gasteiger partial charge < -0.3 is 9.80 Å². The Bertz CT molecular complexity index is 637. The zero-order valence-corrected chi connectivity index (χ0v) is 19.1. The molecule has 1 saturated heterocycles. The van der Waals surface area contributed by atoms with Crippen molar-refractivity contribution in [1.82, 2.24) is 14.9 Å². The Labute approximate surface area is 177 Å². The van der Waals surface area contributed by atoms with Crippen LogP contribution in [0.15, 0.2) is 12.4 Å². The van der Waals surface area contributed by atoms with Gasteiger partial charge in [0.15, 0.2) is 0 Å². The van der Waals surface area contributed by atoms with Gasteiger partial charge >= 0.3 is 0 Å². The lowest BCUT2D eigenvalue weighted by atomic mass is 9.77. The van der Waals surface area contributed by atoms with Crippen molar-refractivity contribution in [2.45, 2.75) is 90.6 Å². The molecule has 1 aliphatic heterocycles. The summed E-state index contributed by atoms with van der Waals surface area (Å²) in [5.41, 5.74) is 1.28. The van der Waals surface area contributed by atoms with Gasteiger partial charge in [-0.1, -0.05) is 27.7 Å². The van der Waals surface area contributed by atoms with E-state index in [9.17, 15) is 4.79 Å². The van der Waals surface area contributed by atoms with Gasteiger partial charge in [0.1, 0.15) is 5.78 Å². The third-order valence-electron chi connectivity index (χ3n) is 7.12. The predicted octanol–water partition coefficient (Wildman–Crippen LogP) is 4.67. The first-order valence-corrected chi connectivity index (χ1v) is 11.7. The molecule has 0 radical (unpaired) electrons. The van der Waals surface area contributed by atoms with Gasteiger partial charge in [0.2, 0.25) is 5.95 Å². The summed E-state index contributed by atoms with van der Waals surface area (Å²) in [7, 11) is 2.22. The number of carbonyl (C=O) groups excluding carboxylic acids is 1. The molecule has 0 N–H and O–H groups in total. The first-order valence-electron chi connectivity index (χ1n) is 11.7. The van der Waals surface area contributed by atoms with Gasteiger partial charge in [-0.15, -0.1) is 0 Å². The highest BCUT2D eigenvalue weighted by Gasteiger charge is 2.33. The van der Waals surface area contributed by atoms with Crippen molar-refractivity contribution >= 4 is 11.7 Å². The molecule has 2 fully saturated rings. The monoisotopic (exact) mass is 400 g/mol. The van der Waals surface area contributed by atoms with Crippen LogP contribution in [-0.4, -0.2) is 52.9 Å². The van der Waals surface area contributed by atoms with E-state index < -0.39 is 0 Å². The molecule has 2 unspecified atom stereocenters. The number of nitrogens with zero attached hydrogens (tertiary/aromatic N) is 4.